The van der Waals surface area contributed by atoms with Crippen LogP contribution in [0.5, 0.6) is 0 Å². The van der Waals surface area contributed by atoms with E-state index in [1.165, 1.54) is 0 Å². The van der Waals surface area contributed by atoms with Crippen LogP contribution in [0.15, 0.2) is 30.9 Å². The quantitative estimate of drug-likeness (QED) is 0.231. The molecule has 2 fully saturated rings. The zero-order valence-electron chi connectivity index (χ0n) is 24.9. The van der Waals surface area contributed by atoms with Crippen molar-refractivity contribution in [2.45, 2.75) is 70.7 Å². The summed E-state index contributed by atoms with van der Waals surface area (Å²) >= 11 is 3.20. The van der Waals surface area contributed by atoms with Gasteiger partial charge in [-0.15, -0.1) is 0 Å². The zero-order valence-corrected chi connectivity index (χ0v) is 26.5. The summed E-state index contributed by atoms with van der Waals surface area (Å²) in [5, 5.41) is 7.52. The van der Waals surface area contributed by atoms with Crippen LogP contribution in [0.1, 0.15) is 59.1 Å². The molecule has 1 N–H and O–H groups in total. The molecule has 5 aromatic heterocycles. The number of amides is 1. The largest absolute Gasteiger partial charge is 0.444 e. The number of pyridine rings is 1. The van der Waals surface area contributed by atoms with Crippen LogP contribution >= 0.6 is 22.7 Å². The van der Waals surface area contributed by atoms with Gasteiger partial charge in [0.15, 0.2) is 14.8 Å². The number of anilines is 1. The number of hydrogen-bond acceptors (Lipinski definition) is 10. The maximum absolute atomic E-state index is 12.5. The summed E-state index contributed by atoms with van der Waals surface area (Å²) in [6, 6.07) is 2.39. The number of likely N-dealkylation sites (tertiary alicyclic amines) is 1. The molecule has 1 atom stereocenters. The van der Waals surface area contributed by atoms with E-state index in [2.05, 4.69) is 28.1 Å². The number of piperidine rings is 1. The van der Waals surface area contributed by atoms with Gasteiger partial charge >= 0.3 is 6.09 Å². The smallest absolute Gasteiger partial charge is 0.410 e. The minimum Gasteiger partial charge on any atom is -0.444 e. The van der Waals surface area contributed by atoms with Crippen LogP contribution in [0, 0.1) is 0 Å². The highest BCUT2D eigenvalue weighted by Crippen LogP contribution is 2.40. The molecule has 1 unspecified atom stereocenters. The molecule has 0 bridgehead atoms. The molecule has 2 aliphatic heterocycles. The molecule has 7 heterocycles. The lowest BCUT2D eigenvalue weighted by Gasteiger charge is -2.37. The molecule has 1 amide bonds. The Morgan fingerprint density at radius 2 is 1.93 bits per heavy atom. The van der Waals surface area contributed by atoms with E-state index < -0.39 is 5.60 Å². The number of ether oxygens (including phenoxy) is 2. The number of H-pyrrole nitrogens is 1. The Morgan fingerprint density at radius 3 is 2.67 bits per heavy atom. The lowest BCUT2D eigenvalue weighted by atomic mass is 10.0. The number of fused-ring (bicyclic) bond motifs is 2. The van der Waals surface area contributed by atoms with Gasteiger partial charge in [0.25, 0.3) is 0 Å². The van der Waals surface area contributed by atoms with Crippen LogP contribution in [0.25, 0.3) is 42.4 Å². The number of aromatic amines is 1. The maximum atomic E-state index is 12.5. The number of carbonyl (C=O) groups is 1. The normalized spacial score (nSPS) is 18.5. The third-order valence-electron chi connectivity index (χ3n) is 8.08. The third-order valence-corrected chi connectivity index (χ3v) is 10.2. The van der Waals surface area contributed by atoms with Crippen molar-refractivity contribution >= 4 is 54.5 Å². The van der Waals surface area contributed by atoms with E-state index in [-0.39, 0.29) is 12.3 Å². The van der Waals surface area contributed by atoms with E-state index in [4.69, 9.17) is 24.4 Å². The van der Waals surface area contributed by atoms with Gasteiger partial charge in [0, 0.05) is 67.9 Å². The van der Waals surface area contributed by atoms with Crippen molar-refractivity contribution in [2.75, 3.05) is 31.6 Å². The Hall–Kier alpha value is -3.55. The molecule has 0 saturated carbocycles. The van der Waals surface area contributed by atoms with Crippen LogP contribution in [0.4, 0.5) is 9.93 Å². The van der Waals surface area contributed by atoms with E-state index in [0.29, 0.717) is 19.1 Å². The Kier molecular flexibility index (Phi) is 7.34. The Balaban J connectivity index is 1.07. The first-order valence-electron chi connectivity index (χ1n) is 14.8. The topological polar surface area (TPSA) is 114 Å². The summed E-state index contributed by atoms with van der Waals surface area (Å²) in [6.45, 7) is 7.83. The number of nitrogens with zero attached hydrogens (tertiary/aromatic N) is 7. The Labute approximate surface area is 257 Å². The standard InChI is InChI=1S/C30H36N8O3S2/c1-30(2,3)41-29(39)37-12-9-19(10-13-37)36(4)28-35-27-26(43-28)34-25(42-27)21-16-32-23(24-20(21)8-11-31-24)18-15-33-38(17-18)22-7-5-6-14-40-22/h8,11,15-17,19,22,31H,5-7,9-10,12-14H2,1-4H3. The van der Waals surface area contributed by atoms with Gasteiger partial charge in [-0.25, -0.2) is 19.4 Å². The molecule has 0 radical (unpaired) electrons. The number of aromatic nitrogens is 6. The molecular formula is C30H36N8O3S2. The van der Waals surface area contributed by atoms with Crippen molar-refractivity contribution in [3.63, 3.8) is 0 Å². The monoisotopic (exact) mass is 620 g/mol. The van der Waals surface area contributed by atoms with Crippen molar-refractivity contribution in [3.05, 3.63) is 30.9 Å². The van der Waals surface area contributed by atoms with E-state index in [0.717, 1.165) is 86.2 Å². The second-order valence-corrected chi connectivity index (χ2v) is 14.2. The fourth-order valence-corrected chi connectivity index (χ4v) is 7.90. The van der Waals surface area contributed by atoms with Gasteiger partial charge in [0.1, 0.15) is 16.8 Å². The average Bonchev–Trinajstić information content (AvgIpc) is 3.80. The summed E-state index contributed by atoms with van der Waals surface area (Å²) in [4.78, 5) is 36.6. The molecule has 11 nitrogen and oxygen atoms in total. The van der Waals surface area contributed by atoms with Gasteiger partial charge in [0.2, 0.25) is 0 Å². The SMILES string of the molecule is CN(c1nc2sc(-c3cnc(-c4cnn(C5CCCCO5)c4)c4[nH]ccc34)nc2s1)C1CCN(C(=O)OC(C)(C)C)CC1. The first-order valence-corrected chi connectivity index (χ1v) is 16.5. The molecule has 43 heavy (non-hydrogen) atoms. The lowest BCUT2D eigenvalue weighted by Crippen LogP contribution is -2.47. The molecule has 2 aliphatic rings. The number of thiazole rings is 2. The van der Waals surface area contributed by atoms with E-state index in [9.17, 15) is 4.79 Å². The van der Waals surface area contributed by atoms with Crippen LogP contribution in [0.2, 0.25) is 0 Å². The third kappa shape index (κ3) is 5.61. The van der Waals surface area contributed by atoms with Gasteiger partial charge in [-0.3, -0.25) is 4.98 Å². The number of nitrogens with one attached hydrogen (secondary N) is 1. The van der Waals surface area contributed by atoms with Crippen molar-refractivity contribution in [1.82, 2.24) is 34.6 Å². The average molecular weight is 621 g/mol. The van der Waals surface area contributed by atoms with Crippen LogP contribution in [-0.2, 0) is 9.47 Å². The van der Waals surface area contributed by atoms with Crippen LogP contribution in [0.3, 0.4) is 0 Å². The predicted octanol–water partition coefficient (Wildman–Crippen LogP) is 6.69. The molecule has 0 spiro atoms. The lowest BCUT2D eigenvalue weighted by molar-refractivity contribution is -0.0394. The van der Waals surface area contributed by atoms with E-state index in [1.807, 2.05) is 55.1 Å². The molecule has 0 aliphatic carbocycles. The highest BCUT2D eigenvalue weighted by Gasteiger charge is 2.30. The number of rotatable bonds is 5. The Bertz CT molecular complexity index is 1720. The highest BCUT2D eigenvalue weighted by molar-refractivity contribution is 7.29. The second kappa shape index (κ2) is 11.2. The number of hydrogen-bond donors (Lipinski definition) is 1. The summed E-state index contributed by atoms with van der Waals surface area (Å²) in [5.74, 6) is 0. The Morgan fingerprint density at radius 1 is 1.12 bits per heavy atom. The summed E-state index contributed by atoms with van der Waals surface area (Å²) in [5.41, 5.74) is 3.29. The van der Waals surface area contributed by atoms with Crippen LogP contribution in [-0.4, -0.2) is 79.1 Å². The molecule has 13 heteroatoms. The van der Waals surface area contributed by atoms with Crippen molar-refractivity contribution in [1.29, 1.82) is 0 Å². The van der Waals surface area contributed by atoms with Gasteiger partial charge in [-0.2, -0.15) is 5.10 Å². The van der Waals surface area contributed by atoms with Gasteiger partial charge < -0.3 is 24.3 Å². The summed E-state index contributed by atoms with van der Waals surface area (Å²) < 4.78 is 13.4. The minimum atomic E-state index is -0.484. The van der Waals surface area contributed by atoms with Crippen molar-refractivity contribution < 1.29 is 14.3 Å². The van der Waals surface area contributed by atoms with Crippen molar-refractivity contribution in [3.8, 4) is 21.8 Å². The fourth-order valence-electron chi connectivity index (χ4n) is 5.81. The predicted molar refractivity (Wildman–Crippen MR) is 170 cm³/mol. The van der Waals surface area contributed by atoms with Gasteiger partial charge in [-0.05, 0) is 58.9 Å². The first kappa shape index (κ1) is 28.2. The maximum Gasteiger partial charge on any atom is 0.410 e. The number of carbonyl (C=O) groups excluding carboxylic acids is 1. The summed E-state index contributed by atoms with van der Waals surface area (Å²) in [6.07, 6.45) is 12.5. The van der Waals surface area contributed by atoms with Gasteiger partial charge in [0.05, 0.1) is 17.4 Å². The van der Waals surface area contributed by atoms with Gasteiger partial charge in [-0.1, -0.05) is 22.7 Å². The van der Waals surface area contributed by atoms with Crippen LogP contribution < -0.4 is 4.90 Å². The molecule has 5 aromatic rings. The first-order chi connectivity index (χ1) is 20.7. The second-order valence-electron chi connectivity index (χ2n) is 12.3. The van der Waals surface area contributed by atoms with Crippen molar-refractivity contribution in [2.24, 2.45) is 0 Å². The molecule has 226 valence electrons. The fraction of sp³-hybridized carbons (Fsp3) is 0.500. The zero-order chi connectivity index (χ0) is 29.7. The van der Waals surface area contributed by atoms with E-state index in [1.54, 1.807) is 22.7 Å². The molecule has 7 rings (SSSR count). The molecule has 2 saturated heterocycles. The minimum absolute atomic E-state index is 0.00867. The molecule has 0 aromatic carbocycles. The molecular weight excluding hydrogens is 585 g/mol. The van der Waals surface area contributed by atoms with E-state index >= 15 is 0 Å². The summed E-state index contributed by atoms with van der Waals surface area (Å²) in [7, 11) is 2.09. The highest BCUT2D eigenvalue weighted by atomic mass is 32.1.